The minimum absolute atomic E-state index is 0.0667. The van der Waals surface area contributed by atoms with Gasteiger partial charge >= 0.3 is 0 Å². The molecule has 0 aliphatic rings. The van der Waals surface area contributed by atoms with Crippen molar-refractivity contribution in [2.24, 2.45) is 0 Å². The summed E-state index contributed by atoms with van der Waals surface area (Å²) in [4.78, 5) is 18.6. The zero-order chi connectivity index (χ0) is 12.4. The van der Waals surface area contributed by atoms with Crippen molar-refractivity contribution in [3.05, 3.63) is 39.8 Å². The number of hydrogen-bond acceptors (Lipinski definition) is 2. The maximum atomic E-state index is 12.2. The Morgan fingerprint density at radius 2 is 2.18 bits per heavy atom. The molecule has 0 radical (unpaired) electrons. The highest BCUT2D eigenvalue weighted by molar-refractivity contribution is 5.74. The lowest BCUT2D eigenvalue weighted by Gasteiger charge is -2.07. The lowest BCUT2D eigenvalue weighted by Crippen LogP contribution is -2.15. The number of aryl methyl sites for hydroxylation is 1. The molecule has 17 heavy (non-hydrogen) atoms. The monoisotopic (exact) mass is 234 g/mol. The van der Waals surface area contributed by atoms with Gasteiger partial charge in [0.1, 0.15) is 5.69 Å². The zero-order valence-electron chi connectivity index (χ0n) is 9.96. The van der Waals surface area contributed by atoms with Crippen molar-refractivity contribution in [2.75, 3.05) is 6.67 Å². The molecule has 90 valence electrons. The van der Waals surface area contributed by atoms with E-state index in [1.54, 1.807) is 0 Å². The SMILES string of the molecule is CC(C)c1ccc2nc(CCF)c(=O)[nH]c2c1. The Kier molecular flexibility index (Phi) is 3.22. The van der Waals surface area contributed by atoms with Gasteiger partial charge in [-0.2, -0.15) is 0 Å². The molecule has 3 nitrogen and oxygen atoms in total. The quantitative estimate of drug-likeness (QED) is 0.887. The summed E-state index contributed by atoms with van der Waals surface area (Å²) in [5.74, 6) is 0.397. The van der Waals surface area contributed by atoms with Crippen LogP contribution in [0.15, 0.2) is 23.0 Å². The molecule has 0 saturated heterocycles. The van der Waals surface area contributed by atoms with E-state index in [0.717, 1.165) is 5.56 Å². The summed E-state index contributed by atoms with van der Waals surface area (Å²) >= 11 is 0. The average Bonchev–Trinajstić information content (AvgIpc) is 2.29. The molecule has 2 rings (SSSR count). The van der Waals surface area contributed by atoms with Crippen molar-refractivity contribution >= 4 is 11.0 Å². The van der Waals surface area contributed by atoms with Crippen LogP contribution in [0.3, 0.4) is 0 Å². The standard InChI is InChI=1S/C13H15FN2O/c1-8(2)9-3-4-10-12(7-9)16-13(17)11(15-10)5-6-14/h3-4,7-8H,5-6H2,1-2H3,(H,16,17). The van der Waals surface area contributed by atoms with Crippen LogP contribution in [0, 0.1) is 0 Å². The molecule has 1 aromatic heterocycles. The van der Waals surface area contributed by atoms with Gasteiger partial charge in [-0.05, 0) is 23.6 Å². The average molecular weight is 234 g/mol. The van der Waals surface area contributed by atoms with Crippen LogP contribution in [0.5, 0.6) is 0 Å². The highest BCUT2D eigenvalue weighted by atomic mass is 19.1. The molecule has 0 fully saturated rings. The second-order valence-corrected chi connectivity index (χ2v) is 4.38. The third-order valence-corrected chi connectivity index (χ3v) is 2.78. The number of hydrogen-bond donors (Lipinski definition) is 1. The van der Waals surface area contributed by atoms with Gasteiger partial charge in [0.05, 0.1) is 17.7 Å². The summed E-state index contributed by atoms with van der Waals surface area (Å²) in [6, 6.07) is 5.77. The van der Waals surface area contributed by atoms with Crippen LogP contribution >= 0.6 is 0 Å². The van der Waals surface area contributed by atoms with E-state index >= 15 is 0 Å². The summed E-state index contributed by atoms with van der Waals surface area (Å²) < 4.78 is 12.2. The van der Waals surface area contributed by atoms with Crippen LogP contribution in [-0.4, -0.2) is 16.6 Å². The number of alkyl halides is 1. The summed E-state index contributed by atoms with van der Waals surface area (Å²) in [5.41, 5.74) is 2.53. The summed E-state index contributed by atoms with van der Waals surface area (Å²) in [7, 11) is 0. The minimum Gasteiger partial charge on any atom is -0.319 e. The second-order valence-electron chi connectivity index (χ2n) is 4.38. The van der Waals surface area contributed by atoms with Crippen LogP contribution in [-0.2, 0) is 6.42 Å². The van der Waals surface area contributed by atoms with Crippen LogP contribution < -0.4 is 5.56 Å². The molecule has 1 aromatic carbocycles. The molecule has 1 heterocycles. The fourth-order valence-electron chi connectivity index (χ4n) is 1.76. The molecule has 0 unspecified atom stereocenters. The highest BCUT2D eigenvalue weighted by Crippen LogP contribution is 2.18. The molecule has 0 atom stereocenters. The Hall–Kier alpha value is -1.71. The van der Waals surface area contributed by atoms with Crippen molar-refractivity contribution in [3.63, 3.8) is 0 Å². The van der Waals surface area contributed by atoms with Gasteiger partial charge in [0.2, 0.25) is 0 Å². The number of aromatic nitrogens is 2. The molecule has 0 aliphatic heterocycles. The third-order valence-electron chi connectivity index (χ3n) is 2.78. The molecular formula is C13H15FN2O. The van der Waals surface area contributed by atoms with Crippen molar-refractivity contribution in [3.8, 4) is 0 Å². The Labute approximate surface area is 98.7 Å². The molecular weight excluding hydrogens is 219 g/mol. The zero-order valence-corrected chi connectivity index (χ0v) is 9.96. The fourth-order valence-corrected chi connectivity index (χ4v) is 1.76. The Morgan fingerprint density at radius 3 is 2.82 bits per heavy atom. The van der Waals surface area contributed by atoms with E-state index in [4.69, 9.17) is 0 Å². The molecule has 0 saturated carbocycles. The van der Waals surface area contributed by atoms with Crippen molar-refractivity contribution < 1.29 is 4.39 Å². The van der Waals surface area contributed by atoms with Crippen molar-refractivity contribution in [1.82, 2.24) is 9.97 Å². The number of nitrogens with one attached hydrogen (secondary N) is 1. The van der Waals surface area contributed by atoms with Crippen LogP contribution in [0.2, 0.25) is 0 Å². The molecule has 0 bridgehead atoms. The lowest BCUT2D eigenvalue weighted by atomic mass is 10.0. The molecule has 0 aliphatic carbocycles. The number of fused-ring (bicyclic) bond motifs is 1. The van der Waals surface area contributed by atoms with E-state index in [2.05, 4.69) is 23.8 Å². The fraction of sp³-hybridized carbons (Fsp3) is 0.385. The normalized spacial score (nSPS) is 11.3. The molecule has 4 heteroatoms. The van der Waals surface area contributed by atoms with E-state index in [9.17, 15) is 9.18 Å². The molecule has 1 N–H and O–H groups in total. The lowest BCUT2D eigenvalue weighted by molar-refractivity contribution is 0.491. The van der Waals surface area contributed by atoms with E-state index < -0.39 is 6.67 Å². The van der Waals surface area contributed by atoms with Gasteiger partial charge in [0, 0.05) is 6.42 Å². The number of halogens is 1. The highest BCUT2D eigenvalue weighted by Gasteiger charge is 2.06. The largest absolute Gasteiger partial charge is 0.319 e. The van der Waals surface area contributed by atoms with Gasteiger partial charge in [0.15, 0.2) is 0 Å². The Bertz CT molecular complexity index is 589. The number of nitrogens with zero attached hydrogens (tertiary/aromatic N) is 1. The predicted molar refractivity (Wildman–Crippen MR) is 66.1 cm³/mol. The van der Waals surface area contributed by atoms with Crippen molar-refractivity contribution in [2.45, 2.75) is 26.2 Å². The number of aromatic amines is 1. The first-order valence-electron chi connectivity index (χ1n) is 5.70. The van der Waals surface area contributed by atoms with Gasteiger partial charge in [-0.1, -0.05) is 19.9 Å². The first-order chi connectivity index (χ1) is 8.11. The molecule has 0 amide bonds. The van der Waals surface area contributed by atoms with E-state index in [-0.39, 0.29) is 17.7 Å². The predicted octanol–water partition coefficient (Wildman–Crippen LogP) is 2.56. The topological polar surface area (TPSA) is 45.8 Å². The van der Waals surface area contributed by atoms with E-state index in [0.29, 0.717) is 17.0 Å². The van der Waals surface area contributed by atoms with Crippen molar-refractivity contribution in [1.29, 1.82) is 0 Å². The first kappa shape index (κ1) is 11.8. The van der Waals surface area contributed by atoms with E-state index in [1.165, 1.54) is 0 Å². The van der Waals surface area contributed by atoms with Gasteiger partial charge < -0.3 is 4.98 Å². The first-order valence-corrected chi connectivity index (χ1v) is 5.70. The number of benzene rings is 1. The third kappa shape index (κ3) is 2.35. The summed E-state index contributed by atoms with van der Waals surface area (Å²) in [6.07, 6.45) is 0.0667. The smallest absolute Gasteiger partial charge is 0.270 e. The van der Waals surface area contributed by atoms with Crippen LogP contribution in [0.25, 0.3) is 11.0 Å². The Morgan fingerprint density at radius 1 is 1.41 bits per heavy atom. The van der Waals surface area contributed by atoms with Gasteiger partial charge in [0.25, 0.3) is 5.56 Å². The summed E-state index contributed by atoms with van der Waals surface area (Å²) in [5, 5.41) is 0. The summed E-state index contributed by atoms with van der Waals surface area (Å²) in [6.45, 7) is 3.61. The number of rotatable bonds is 3. The molecule has 2 aromatic rings. The number of H-pyrrole nitrogens is 1. The van der Waals surface area contributed by atoms with Gasteiger partial charge in [-0.3, -0.25) is 9.18 Å². The Balaban J connectivity index is 2.58. The minimum atomic E-state index is -0.564. The van der Waals surface area contributed by atoms with Gasteiger partial charge in [-0.25, -0.2) is 4.98 Å². The van der Waals surface area contributed by atoms with Crippen LogP contribution in [0.4, 0.5) is 4.39 Å². The maximum absolute atomic E-state index is 12.2. The molecule has 0 spiro atoms. The second kappa shape index (κ2) is 4.65. The van der Waals surface area contributed by atoms with Crippen LogP contribution in [0.1, 0.15) is 31.0 Å². The maximum Gasteiger partial charge on any atom is 0.270 e. The van der Waals surface area contributed by atoms with E-state index in [1.807, 2.05) is 18.2 Å². The van der Waals surface area contributed by atoms with Gasteiger partial charge in [-0.15, -0.1) is 0 Å².